The number of carbonyl (C=O) groups is 1. The van der Waals surface area contributed by atoms with Crippen molar-refractivity contribution in [3.8, 4) is 5.75 Å². The van der Waals surface area contributed by atoms with Crippen LogP contribution >= 0.6 is 80.8 Å². The van der Waals surface area contributed by atoms with E-state index in [9.17, 15) is 4.79 Å². The quantitative estimate of drug-likeness (QED) is 0.243. The monoisotopic (exact) mass is 613 g/mol. The molecule has 1 amide bonds. The molecule has 2 aromatic carbocycles. The molecule has 25 heavy (non-hydrogen) atoms. The molecule has 3 rings (SSSR count). The van der Waals surface area contributed by atoms with Gasteiger partial charge >= 0.3 is 0 Å². The fourth-order valence-electron chi connectivity index (χ4n) is 2.32. The number of halogens is 3. The number of hydrogen-bond donors (Lipinski definition) is 0. The first-order chi connectivity index (χ1) is 11.9. The van der Waals surface area contributed by atoms with Gasteiger partial charge in [-0.1, -0.05) is 35.6 Å². The molecule has 0 atom stereocenters. The minimum atomic E-state index is -0.145. The summed E-state index contributed by atoms with van der Waals surface area (Å²) in [4.78, 5) is 14.9. The summed E-state index contributed by atoms with van der Waals surface area (Å²) in [6, 6.07) is 11.1. The van der Waals surface area contributed by atoms with E-state index < -0.39 is 0 Å². The van der Waals surface area contributed by atoms with E-state index in [1.807, 2.05) is 18.2 Å². The number of nitrogens with zero attached hydrogens (tertiary/aromatic N) is 1. The van der Waals surface area contributed by atoms with Gasteiger partial charge in [-0.25, -0.2) is 0 Å². The van der Waals surface area contributed by atoms with Gasteiger partial charge in [-0.2, -0.15) is 0 Å². The van der Waals surface area contributed by atoms with Gasteiger partial charge in [0.1, 0.15) is 5.75 Å². The van der Waals surface area contributed by atoms with E-state index in [0.717, 1.165) is 18.5 Å². The smallest absolute Gasteiger partial charge is 0.270 e. The molecule has 0 bridgehead atoms. The number of rotatable bonds is 3. The molecule has 1 saturated heterocycles. The molecular weight excluding hydrogens is 604 g/mol. The first kappa shape index (κ1) is 19.4. The Bertz CT molecular complexity index is 900. The molecule has 1 aliphatic rings. The maximum Gasteiger partial charge on any atom is 0.270 e. The third kappa shape index (κ3) is 4.15. The summed E-state index contributed by atoms with van der Waals surface area (Å²) in [5.41, 5.74) is 1.56. The van der Waals surface area contributed by atoms with Crippen LogP contribution in [0.5, 0.6) is 5.75 Å². The largest absolute Gasteiger partial charge is 0.495 e. The average Bonchev–Trinajstić information content (AvgIpc) is 2.82. The molecule has 128 valence electrons. The molecule has 1 heterocycles. The Morgan fingerprint density at radius 2 is 1.92 bits per heavy atom. The van der Waals surface area contributed by atoms with Gasteiger partial charge in [0.15, 0.2) is 4.32 Å². The Morgan fingerprint density at radius 3 is 2.56 bits per heavy atom. The molecule has 0 spiro atoms. The molecule has 0 N–H and O–H groups in total. The second-order valence-corrected chi connectivity index (χ2v) is 9.52. The van der Waals surface area contributed by atoms with E-state index in [0.29, 0.717) is 19.9 Å². The summed E-state index contributed by atoms with van der Waals surface area (Å²) in [6.07, 6.45) is 1.83. The second-order valence-electron chi connectivity index (χ2n) is 5.00. The fraction of sp³-hybridized carbons (Fsp3) is 0.0588. The Labute approximate surface area is 187 Å². The van der Waals surface area contributed by atoms with Gasteiger partial charge in [0.25, 0.3) is 5.91 Å². The first-order valence-corrected chi connectivity index (χ1v) is 10.7. The number of anilines is 1. The number of thiocarbonyl (C=S) groups is 1. The highest BCUT2D eigenvalue weighted by atomic mass is 127. The lowest BCUT2D eigenvalue weighted by Crippen LogP contribution is -2.27. The number of thioether (sulfide) groups is 1. The van der Waals surface area contributed by atoms with Gasteiger partial charge in [-0.05, 0) is 87.7 Å². The highest BCUT2D eigenvalue weighted by Crippen LogP contribution is 2.38. The van der Waals surface area contributed by atoms with E-state index in [1.165, 1.54) is 16.7 Å². The van der Waals surface area contributed by atoms with Crippen molar-refractivity contribution in [2.24, 2.45) is 0 Å². The van der Waals surface area contributed by atoms with Crippen molar-refractivity contribution in [2.75, 3.05) is 12.0 Å². The van der Waals surface area contributed by atoms with Crippen molar-refractivity contribution >= 4 is 103 Å². The van der Waals surface area contributed by atoms with Gasteiger partial charge in [0.05, 0.1) is 21.3 Å². The maximum absolute atomic E-state index is 12.8. The Morgan fingerprint density at radius 1 is 1.24 bits per heavy atom. The predicted octanol–water partition coefficient (Wildman–Crippen LogP) is 5.96. The van der Waals surface area contributed by atoms with Gasteiger partial charge in [0.2, 0.25) is 0 Å². The lowest BCUT2D eigenvalue weighted by Gasteiger charge is -2.14. The van der Waals surface area contributed by atoms with Gasteiger partial charge in [-0.15, -0.1) is 0 Å². The van der Waals surface area contributed by atoms with Crippen LogP contribution in [0.3, 0.4) is 0 Å². The van der Waals surface area contributed by atoms with E-state index in [1.54, 1.807) is 31.4 Å². The molecule has 2 aromatic rings. The molecule has 3 nitrogen and oxygen atoms in total. The minimum Gasteiger partial charge on any atom is -0.495 e. The fourth-order valence-corrected chi connectivity index (χ4v) is 5.85. The van der Waals surface area contributed by atoms with Crippen molar-refractivity contribution in [3.63, 3.8) is 0 Å². The average molecular weight is 614 g/mol. The molecule has 8 heteroatoms. The van der Waals surface area contributed by atoms with Crippen molar-refractivity contribution in [1.29, 1.82) is 0 Å². The summed E-state index contributed by atoms with van der Waals surface area (Å²) in [5.74, 6) is 0.603. The number of benzene rings is 2. The molecule has 1 aliphatic heterocycles. The number of carbonyl (C=O) groups excluding carboxylic acids is 1. The van der Waals surface area contributed by atoms with Gasteiger partial charge in [0, 0.05) is 14.2 Å². The van der Waals surface area contributed by atoms with E-state index in [4.69, 9.17) is 28.6 Å². The zero-order valence-electron chi connectivity index (χ0n) is 12.8. The van der Waals surface area contributed by atoms with Crippen LogP contribution in [-0.4, -0.2) is 17.3 Å². The Kier molecular flexibility index (Phi) is 6.30. The maximum atomic E-state index is 12.8. The van der Waals surface area contributed by atoms with Crippen LogP contribution in [0.1, 0.15) is 5.56 Å². The van der Waals surface area contributed by atoms with Gasteiger partial charge in [-0.3, -0.25) is 9.69 Å². The molecule has 0 saturated carbocycles. The summed E-state index contributed by atoms with van der Waals surface area (Å²) in [5, 5.41) is 0.614. The minimum absolute atomic E-state index is 0.145. The third-order valence-electron chi connectivity index (χ3n) is 3.41. The summed E-state index contributed by atoms with van der Waals surface area (Å²) in [6.45, 7) is 0. The van der Waals surface area contributed by atoms with Gasteiger partial charge < -0.3 is 4.74 Å². The highest BCUT2D eigenvalue weighted by Gasteiger charge is 2.33. The molecule has 0 aliphatic carbocycles. The molecule has 1 fully saturated rings. The van der Waals surface area contributed by atoms with E-state index >= 15 is 0 Å². The van der Waals surface area contributed by atoms with E-state index in [2.05, 4.69) is 45.2 Å². The van der Waals surface area contributed by atoms with E-state index in [-0.39, 0.29) is 5.91 Å². The Balaban J connectivity index is 2.00. The van der Waals surface area contributed by atoms with Crippen LogP contribution in [0.15, 0.2) is 41.3 Å². The predicted molar refractivity (Wildman–Crippen MR) is 126 cm³/mol. The van der Waals surface area contributed by atoms with Crippen LogP contribution in [0.25, 0.3) is 6.08 Å². The zero-order chi connectivity index (χ0) is 18.1. The lowest BCUT2D eigenvalue weighted by molar-refractivity contribution is -0.113. The third-order valence-corrected chi connectivity index (χ3v) is 6.38. The number of hydrogen-bond acceptors (Lipinski definition) is 4. The standard InChI is InChI=1S/C17H10ClI2NO2S2/c1-23-15-9(6-11(19)8-13(15)20)7-14-16(22)21(17(24)25-14)12-4-2-10(18)3-5-12/h2-8H,1H3/b14-7+. The van der Waals surface area contributed by atoms with Crippen LogP contribution in [0.2, 0.25) is 5.02 Å². The SMILES string of the molecule is COc1c(I)cc(I)cc1/C=C1/SC(=S)N(c2ccc(Cl)cc2)C1=O. The normalized spacial score (nSPS) is 16.0. The van der Waals surface area contributed by atoms with Crippen molar-refractivity contribution in [1.82, 2.24) is 0 Å². The van der Waals surface area contributed by atoms with Crippen molar-refractivity contribution in [2.45, 2.75) is 0 Å². The van der Waals surface area contributed by atoms with Crippen LogP contribution in [0.4, 0.5) is 5.69 Å². The molecular formula is C17H10ClI2NO2S2. The van der Waals surface area contributed by atoms with Crippen LogP contribution in [-0.2, 0) is 4.79 Å². The summed E-state index contributed by atoms with van der Waals surface area (Å²) in [7, 11) is 1.63. The van der Waals surface area contributed by atoms with Crippen molar-refractivity contribution < 1.29 is 9.53 Å². The lowest BCUT2D eigenvalue weighted by atomic mass is 10.2. The number of ether oxygens (including phenoxy) is 1. The highest BCUT2D eigenvalue weighted by molar-refractivity contribution is 14.1. The molecule has 0 aromatic heterocycles. The first-order valence-electron chi connectivity index (χ1n) is 6.97. The Hall–Kier alpha value is -0.360. The summed E-state index contributed by atoms with van der Waals surface area (Å²) < 4.78 is 8.05. The second kappa shape index (κ2) is 8.12. The van der Waals surface area contributed by atoms with Crippen molar-refractivity contribution in [3.05, 3.63) is 59.0 Å². The molecule has 0 radical (unpaired) electrons. The summed E-state index contributed by atoms with van der Waals surface area (Å²) >= 11 is 17.1. The number of methoxy groups -OCH3 is 1. The topological polar surface area (TPSA) is 29.5 Å². The number of amides is 1. The molecule has 0 unspecified atom stereocenters. The van der Waals surface area contributed by atoms with Crippen LogP contribution < -0.4 is 9.64 Å². The zero-order valence-corrected chi connectivity index (χ0v) is 19.5. The van der Waals surface area contributed by atoms with Crippen LogP contribution in [0, 0.1) is 7.14 Å².